The Bertz CT molecular complexity index is 406. The van der Waals surface area contributed by atoms with E-state index in [0.717, 1.165) is 19.5 Å². The average Bonchev–Trinajstić information content (AvgIpc) is 2.84. The van der Waals surface area contributed by atoms with Crippen molar-refractivity contribution in [3.8, 4) is 0 Å². The van der Waals surface area contributed by atoms with Gasteiger partial charge in [-0.05, 0) is 18.4 Å². The zero-order valence-corrected chi connectivity index (χ0v) is 8.78. The Hall–Kier alpha value is -1.36. The maximum absolute atomic E-state index is 12.7. The molecule has 3 heterocycles. The van der Waals surface area contributed by atoms with E-state index < -0.39 is 6.01 Å². The van der Waals surface area contributed by atoms with Gasteiger partial charge in [0.05, 0.1) is 0 Å². The Morgan fingerprint density at radius 2 is 2.38 bits per heavy atom. The highest BCUT2D eigenvalue weighted by molar-refractivity contribution is 5.91. The number of hydrogen-bond acceptors (Lipinski definition) is 3. The second-order valence-corrected chi connectivity index (χ2v) is 4.52. The Balaban J connectivity index is 1.76. The lowest BCUT2D eigenvalue weighted by molar-refractivity contribution is 0.0651. The fraction of sp³-hybridized carbons (Fsp3) is 0.545. The van der Waals surface area contributed by atoms with Crippen molar-refractivity contribution in [3.63, 3.8) is 0 Å². The van der Waals surface area contributed by atoms with E-state index >= 15 is 0 Å². The van der Waals surface area contributed by atoms with Crippen LogP contribution in [0.1, 0.15) is 17.0 Å². The smallest absolute Gasteiger partial charge is 0.289 e. The summed E-state index contributed by atoms with van der Waals surface area (Å²) in [5.41, 5.74) is 0. The lowest BCUT2D eigenvalue weighted by atomic mass is 10.00. The third kappa shape index (κ3) is 1.61. The largest absolute Gasteiger partial charge is 0.426 e. The SMILES string of the molecule is O=C(c1ccc(F)o1)N1C[C@@H]2CN[C@H](C2)C1. The van der Waals surface area contributed by atoms with Crippen molar-refractivity contribution in [1.82, 2.24) is 10.2 Å². The van der Waals surface area contributed by atoms with Gasteiger partial charge in [-0.2, -0.15) is 4.39 Å². The van der Waals surface area contributed by atoms with Crippen LogP contribution in [0.25, 0.3) is 0 Å². The predicted octanol–water partition coefficient (Wildman–Crippen LogP) is 0.853. The summed E-state index contributed by atoms with van der Waals surface area (Å²) in [6.07, 6.45) is 1.14. The molecule has 2 atom stereocenters. The topological polar surface area (TPSA) is 45.5 Å². The molecule has 3 rings (SSSR count). The highest BCUT2D eigenvalue weighted by Crippen LogP contribution is 2.23. The maximum atomic E-state index is 12.7. The molecule has 86 valence electrons. The normalized spacial score (nSPS) is 28.4. The van der Waals surface area contributed by atoms with Gasteiger partial charge < -0.3 is 14.6 Å². The van der Waals surface area contributed by atoms with Crippen molar-refractivity contribution in [2.45, 2.75) is 12.5 Å². The molecule has 0 unspecified atom stereocenters. The summed E-state index contributed by atoms with van der Waals surface area (Å²) >= 11 is 0. The zero-order valence-electron chi connectivity index (χ0n) is 8.78. The van der Waals surface area contributed by atoms with Gasteiger partial charge in [0.15, 0.2) is 5.76 Å². The third-order valence-electron chi connectivity index (χ3n) is 3.30. The number of likely N-dealkylation sites (tertiary alicyclic amines) is 1. The summed E-state index contributed by atoms with van der Waals surface area (Å²) in [6, 6.07) is 2.25. The number of carbonyl (C=O) groups excluding carboxylic acids is 1. The van der Waals surface area contributed by atoms with Gasteiger partial charge in [-0.1, -0.05) is 0 Å². The number of fused-ring (bicyclic) bond motifs is 2. The van der Waals surface area contributed by atoms with Crippen LogP contribution in [0.5, 0.6) is 0 Å². The fourth-order valence-corrected chi connectivity index (χ4v) is 2.58. The molecule has 2 aliphatic heterocycles. The van der Waals surface area contributed by atoms with Crippen LogP contribution >= 0.6 is 0 Å². The molecule has 0 spiro atoms. The lowest BCUT2D eigenvalue weighted by Gasteiger charge is -2.30. The highest BCUT2D eigenvalue weighted by atomic mass is 19.1. The molecule has 2 bridgehead atoms. The first-order valence-corrected chi connectivity index (χ1v) is 5.50. The second-order valence-electron chi connectivity index (χ2n) is 4.52. The quantitative estimate of drug-likeness (QED) is 0.769. The molecule has 0 radical (unpaired) electrons. The van der Waals surface area contributed by atoms with Crippen LogP contribution in [-0.2, 0) is 0 Å². The van der Waals surface area contributed by atoms with Crippen LogP contribution < -0.4 is 5.32 Å². The van der Waals surface area contributed by atoms with Gasteiger partial charge in [0.1, 0.15) is 0 Å². The molecular formula is C11H13FN2O2. The molecule has 1 amide bonds. The zero-order chi connectivity index (χ0) is 11.1. The summed E-state index contributed by atoms with van der Waals surface area (Å²) in [4.78, 5) is 13.7. The average molecular weight is 224 g/mol. The van der Waals surface area contributed by atoms with E-state index in [2.05, 4.69) is 5.32 Å². The van der Waals surface area contributed by atoms with Crippen LogP contribution in [0, 0.1) is 11.9 Å². The van der Waals surface area contributed by atoms with Crippen LogP contribution in [-0.4, -0.2) is 36.5 Å². The number of furan rings is 1. The fourth-order valence-electron chi connectivity index (χ4n) is 2.58. The van der Waals surface area contributed by atoms with Gasteiger partial charge in [-0.25, -0.2) is 0 Å². The van der Waals surface area contributed by atoms with Crippen molar-refractivity contribution >= 4 is 5.91 Å². The van der Waals surface area contributed by atoms with E-state index in [1.807, 2.05) is 0 Å². The predicted molar refractivity (Wildman–Crippen MR) is 54.5 cm³/mol. The summed E-state index contributed by atoms with van der Waals surface area (Å²) in [7, 11) is 0. The lowest BCUT2D eigenvalue weighted by Crippen LogP contribution is -2.44. The number of halogens is 1. The van der Waals surface area contributed by atoms with Gasteiger partial charge in [0.2, 0.25) is 0 Å². The number of nitrogens with one attached hydrogen (secondary N) is 1. The van der Waals surface area contributed by atoms with Gasteiger partial charge in [-0.15, -0.1) is 0 Å². The number of carbonyl (C=O) groups is 1. The van der Waals surface area contributed by atoms with Crippen molar-refractivity contribution in [1.29, 1.82) is 0 Å². The van der Waals surface area contributed by atoms with E-state index in [9.17, 15) is 9.18 Å². The first-order valence-electron chi connectivity index (χ1n) is 5.50. The Labute approximate surface area is 92.4 Å². The van der Waals surface area contributed by atoms with Crippen LogP contribution in [0.2, 0.25) is 0 Å². The highest BCUT2D eigenvalue weighted by Gasteiger charge is 2.35. The third-order valence-corrected chi connectivity index (χ3v) is 3.30. The molecule has 1 aromatic heterocycles. The molecule has 16 heavy (non-hydrogen) atoms. The molecular weight excluding hydrogens is 211 g/mol. The molecule has 2 fully saturated rings. The van der Waals surface area contributed by atoms with Crippen LogP contribution in [0.3, 0.4) is 0 Å². The number of hydrogen-bond donors (Lipinski definition) is 1. The van der Waals surface area contributed by atoms with Gasteiger partial charge >= 0.3 is 0 Å². The number of piperidine rings is 1. The molecule has 0 aromatic carbocycles. The molecule has 2 aliphatic rings. The summed E-state index contributed by atoms with van der Waals surface area (Å²) in [5.74, 6) is 0.420. The van der Waals surface area contributed by atoms with Gasteiger partial charge in [-0.3, -0.25) is 4.79 Å². The molecule has 5 heteroatoms. The minimum Gasteiger partial charge on any atom is -0.426 e. The molecule has 2 saturated heterocycles. The van der Waals surface area contributed by atoms with E-state index in [1.165, 1.54) is 12.1 Å². The van der Waals surface area contributed by atoms with Crippen LogP contribution in [0.4, 0.5) is 4.39 Å². The van der Waals surface area contributed by atoms with Crippen molar-refractivity contribution in [2.75, 3.05) is 19.6 Å². The minimum absolute atomic E-state index is 0.0961. The molecule has 0 saturated carbocycles. The number of nitrogens with zero attached hydrogens (tertiary/aromatic N) is 1. The van der Waals surface area contributed by atoms with Crippen molar-refractivity contribution < 1.29 is 13.6 Å². The molecule has 0 aliphatic carbocycles. The number of rotatable bonds is 1. The minimum atomic E-state index is -0.707. The summed E-state index contributed by atoms with van der Waals surface area (Å²) in [5, 5.41) is 3.36. The second kappa shape index (κ2) is 3.59. The van der Waals surface area contributed by atoms with Gasteiger partial charge in [0.25, 0.3) is 11.9 Å². The van der Waals surface area contributed by atoms with E-state index in [1.54, 1.807) is 4.90 Å². The first-order chi connectivity index (χ1) is 7.72. The maximum Gasteiger partial charge on any atom is 0.289 e. The van der Waals surface area contributed by atoms with Crippen molar-refractivity contribution in [3.05, 3.63) is 23.9 Å². The Morgan fingerprint density at radius 1 is 1.50 bits per heavy atom. The van der Waals surface area contributed by atoms with E-state index in [4.69, 9.17) is 4.42 Å². The van der Waals surface area contributed by atoms with Gasteiger partial charge in [0, 0.05) is 31.7 Å². The molecule has 1 aromatic rings. The Kier molecular flexibility index (Phi) is 2.21. The van der Waals surface area contributed by atoms with Crippen molar-refractivity contribution in [2.24, 2.45) is 5.92 Å². The summed E-state index contributed by atoms with van der Waals surface area (Å²) < 4.78 is 17.4. The number of amides is 1. The molecule has 4 nitrogen and oxygen atoms in total. The Morgan fingerprint density at radius 3 is 3.06 bits per heavy atom. The van der Waals surface area contributed by atoms with E-state index in [0.29, 0.717) is 18.5 Å². The monoisotopic (exact) mass is 224 g/mol. The first kappa shape index (κ1) is 9.84. The summed E-state index contributed by atoms with van der Waals surface area (Å²) in [6.45, 7) is 2.41. The standard InChI is InChI=1S/C11H13FN2O2/c12-10-2-1-9(16-10)11(15)14-5-7-3-8(6-14)13-4-7/h1-2,7-8,13H,3-6H2/t7-,8+/m0/s1. The van der Waals surface area contributed by atoms with E-state index in [-0.39, 0.29) is 11.7 Å². The van der Waals surface area contributed by atoms with Crippen LogP contribution in [0.15, 0.2) is 16.5 Å². The molecule has 1 N–H and O–H groups in total.